The van der Waals surface area contributed by atoms with E-state index in [1.165, 1.54) is 0 Å². The van der Waals surface area contributed by atoms with E-state index in [1.54, 1.807) is 17.0 Å². The van der Waals surface area contributed by atoms with Crippen molar-refractivity contribution in [3.05, 3.63) is 23.8 Å². The molecule has 1 aromatic rings. The molecule has 2 fully saturated rings. The number of amides is 3. The number of rotatable bonds is 4. The highest BCUT2D eigenvalue weighted by Crippen LogP contribution is 2.26. The van der Waals surface area contributed by atoms with Crippen LogP contribution >= 0.6 is 0 Å². The highest BCUT2D eigenvalue weighted by Gasteiger charge is 2.30. The van der Waals surface area contributed by atoms with Gasteiger partial charge in [0.15, 0.2) is 6.19 Å². The molecule has 0 aromatic heterocycles. The second-order valence-corrected chi connectivity index (χ2v) is 8.30. The van der Waals surface area contributed by atoms with Gasteiger partial charge < -0.3 is 20.4 Å². The van der Waals surface area contributed by atoms with E-state index in [0.717, 1.165) is 44.3 Å². The molecule has 0 unspecified atom stereocenters. The maximum Gasteiger partial charge on any atom is 0.247 e. The second-order valence-electron chi connectivity index (χ2n) is 8.30. The minimum atomic E-state index is -0.679. The summed E-state index contributed by atoms with van der Waals surface area (Å²) in [5.41, 5.74) is 2.26. The SMILES string of the molecule is N#CNC(=N[C@H]1CCCCN(CC(=O)N2CCCC2)C1=O)Nc1ccc2c(c1)NC(=O)C2. The zero-order chi connectivity index (χ0) is 22.5. The minimum Gasteiger partial charge on any atom is -0.341 e. The number of nitrogens with one attached hydrogen (secondary N) is 3. The van der Waals surface area contributed by atoms with Crippen LogP contribution in [0.25, 0.3) is 0 Å². The topological polar surface area (TPSA) is 130 Å². The molecule has 3 aliphatic heterocycles. The Labute approximate surface area is 186 Å². The van der Waals surface area contributed by atoms with Crippen LogP contribution in [0.4, 0.5) is 11.4 Å². The molecule has 32 heavy (non-hydrogen) atoms. The number of hydrogen-bond acceptors (Lipinski definition) is 5. The van der Waals surface area contributed by atoms with Crippen molar-refractivity contribution in [2.45, 2.75) is 44.6 Å². The van der Waals surface area contributed by atoms with Crippen molar-refractivity contribution >= 4 is 35.1 Å². The third-order valence-corrected chi connectivity index (χ3v) is 5.99. The van der Waals surface area contributed by atoms with E-state index < -0.39 is 6.04 Å². The third kappa shape index (κ3) is 4.99. The van der Waals surface area contributed by atoms with Gasteiger partial charge in [-0.3, -0.25) is 19.7 Å². The monoisotopic (exact) mass is 437 g/mol. The second kappa shape index (κ2) is 9.68. The van der Waals surface area contributed by atoms with Crippen molar-refractivity contribution < 1.29 is 14.4 Å². The highest BCUT2D eigenvalue weighted by molar-refractivity contribution is 6.01. The number of carbonyl (C=O) groups is 3. The van der Waals surface area contributed by atoms with Crippen LogP contribution in [-0.2, 0) is 20.8 Å². The Morgan fingerprint density at radius 1 is 1.19 bits per heavy atom. The van der Waals surface area contributed by atoms with Crippen molar-refractivity contribution in [2.75, 3.05) is 36.8 Å². The molecule has 3 aliphatic rings. The molecule has 10 nitrogen and oxygen atoms in total. The summed E-state index contributed by atoms with van der Waals surface area (Å²) in [6.07, 6.45) is 6.37. The lowest BCUT2D eigenvalue weighted by molar-refractivity contribution is -0.140. The van der Waals surface area contributed by atoms with E-state index in [9.17, 15) is 14.4 Å². The highest BCUT2D eigenvalue weighted by atomic mass is 16.2. The van der Waals surface area contributed by atoms with E-state index in [-0.39, 0.29) is 30.2 Å². The van der Waals surface area contributed by atoms with Crippen LogP contribution in [0.3, 0.4) is 0 Å². The molecule has 168 valence electrons. The van der Waals surface area contributed by atoms with E-state index in [0.29, 0.717) is 30.8 Å². The molecule has 4 rings (SSSR count). The van der Waals surface area contributed by atoms with Crippen LogP contribution in [-0.4, -0.2) is 65.7 Å². The number of aliphatic imine (C=N–C) groups is 1. The standard InChI is InChI=1S/C22H27N7O3/c23-14-24-22(25-16-7-6-15-11-19(30)26-18(15)12-16)27-17-5-1-2-10-29(21(17)32)13-20(31)28-8-3-4-9-28/h6-7,12,17H,1-5,8-11,13H2,(H,26,30)(H2,24,25,27)/t17-/m0/s1. The van der Waals surface area contributed by atoms with Gasteiger partial charge in [-0.25, -0.2) is 4.99 Å². The molecular formula is C22H27N7O3. The number of hydrogen-bond donors (Lipinski definition) is 3. The molecule has 0 radical (unpaired) electrons. The van der Waals surface area contributed by atoms with Gasteiger partial charge in [-0.2, -0.15) is 5.26 Å². The number of benzene rings is 1. The first-order valence-electron chi connectivity index (χ1n) is 11.0. The number of fused-ring (bicyclic) bond motifs is 1. The van der Waals surface area contributed by atoms with Crippen molar-refractivity contribution in [2.24, 2.45) is 4.99 Å². The fraction of sp³-hybridized carbons (Fsp3) is 0.500. The lowest BCUT2D eigenvalue weighted by Crippen LogP contribution is -2.45. The zero-order valence-electron chi connectivity index (χ0n) is 17.9. The van der Waals surface area contributed by atoms with Gasteiger partial charge in [0.05, 0.1) is 13.0 Å². The number of nitrogens with zero attached hydrogens (tertiary/aromatic N) is 4. The maximum atomic E-state index is 13.1. The molecule has 1 atom stereocenters. The average Bonchev–Trinajstić information content (AvgIpc) is 3.39. The van der Waals surface area contributed by atoms with E-state index in [4.69, 9.17) is 5.26 Å². The number of anilines is 2. The molecule has 10 heteroatoms. The predicted molar refractivity (Wildman–Crippen MR) is 119 cm³/mol. The summed E-state index contributed by atoms with van der Waals surface area (Å²) in [4.78, 5) is 45.2. The first-order valence-corrected chi connectivity index (χ1v) is 11.0. The van der Waals surface area contributed by atoms with E-state index in [1.807, 2.05) is 17.2 Å². The van der Waals surface area contributed by atoms with Gasteiger partial charge in [0.25, 0.3) is 0 Å². The van der Waals surface area contributed by atoms with Gasteiger partial charge in [-0.15, -0.1) is 0 Å². The predicted octanol–water partition coefficient (Wildman–Crippen LogP) is 1.02. The van der Waals surface area contributed by atoms with Crippen LogP contribution < -0.4 is 16.0 Å². The van der Waals surface area contributed by atoms with Crippen LogP contribution in [0.15, 0.2) is 23.2 Å². The first kappa shape index (κ1) is 21.6. The molecule has 0 aliphatic carbocycles. The molecule has 0 spiro atoms. The minimum absolute atomic E-state index is 0.0193. The van der Waals surface area contributed by atoms with Gasteiger partial charge in [-0.1, -0.05) is 6.07 Å². The lowest BCUT2D eigenvalue weighted by atomic mass is 10.1. The summed E-state index contributed by atoms with van der Waals surface area (Å²) in [5, 5.41) is 17.5. The number of carbonyl (C=O) groups excluding carboxylic acids is 3. The quantitative estimate of drug-likeness (QED) is 0.279. The van der Waals surface area contributed by atoms with E-state index >= 15 is 0 Å². The molecule has 0 bridgehead atoms. The largest absolute Gasteiger partial charge is 0.341 e. The molecule has 2 saturated heterocycles. The fourth-order valence-corrected chi connectivity index (χ4v) is 4.32. The number of nitriles is 1. The Balaban J connectivity index is 1.47. The van der Waals surface area contributed by atoms with Crippen LogP contribution in [0.2, 0.25) is 0 Å². The Bertz CT molecular complexity index is 978. The van der Waals surface area contributed by atoms with Gasteiger partial charge in [0.1, 0.15) is 6.04 Å². The van der Waals surface area contributed by atoms with Crippen molar-refractivity contribution in [1.82, 2.24) is 15.1 Å². The maximum absolute atomic E-state index is 13.1. The molecule has 3 heterocycles. The van der Waals surface area contributed by atoms with Crippen LogP contribution in [0, 0.1) is 11.5 Å². The summed E-state index contributed by atoms with van der Waals surface area (Å²) < 4.78 is 0. The summed E-state index contributed by atoms with van der Waals surface area (Å²) in [6, 6.07) is 4.72. The van der Waals surface area contributed by atoms with E-state index in [2.05, 4.69) is 20.9 Å². The molecule has 3 N–H and O–H groups in total. The Morgan fingerprint density at radius 3 is 2.75 bits per heavy atom. The average molecular weight is 438 g/mol. The molecule has 1 aromatic carbocycles. The van der Waals surface area contributed by atoms with Gasteiger partial charge in [0.2, 0.25) is 23.7 Å². The van der Waals surface area contributed by atoms with Crippen molar-refractivity contribution in [3.8, 4) is 6.19 Å². The van der Waals surface area contributed by atoms with Gasteiger partial charge >= 0.3 is 0 Å². The molecule has 0 saturated carbocycles. The Kier molecular flexibility index (Phi) is 6.54. The number of likely N-dealkylation sites (tertiary alicyclic amines) is 2. The molecular weight excluding hydrogens is 410 g/mol. The Hall–Kier alpha value is -3.61. The van der Waals surface area contributed by atoms with Crippen molar-refractivity contribution in [1.29, 1.82) is 5.26 Å². The summed E-state index contributed by atoms with van der Waals surface area (Å²) >= 11 is 0. The number of guanidine groups is 1. The summed E-state index contributed by atoms with van der Waals surface area (Å²) in [7, 11) is 0. The van der Waals surface area contributed by atoms with Gasteiger partial charge in [-0.05, 0) is 49.8 Å². The third-order valence-electron chi connectivity index (χ3n) is 5.99. The zero-order valence-corrected chi connectivity index (χ0v) is 17.9. The smallest absolute Gasteiger partial charge is 0.247 e. The lowest BCUT2D eigenvalue weighted by Gasteiger charge is -2.25. The van der Waals surface area contributed by atoms with Crippen LogP contribution in [0.5, 0.6) is 0 Å². The van der Waals surface area contributed by atoms with Crippen molar-refractivity contribution in [3.63, 3.8) is 0 Å². The summed E-state index contributed by atoms with van der Waals surface area (Å²) in [6.45, 7) is 2.11. The summed E-state index contributed by atoms with van der Waals surface area (Å²) in [5.74, 6) is -0.124. The fourth-order valence-electron chi connectivity index (χ4n) is 4.32. The Morgan fingerprint density at radius 2 is 1.97 bits per heavy atom. The normalized spacial score (nSPS) is 21.0. The van der Waals surface area contributed by atoms with Crippen LogP contribution in [0.1, 0.15) is 37.7 Å². The molecule has 3 amide bonds. The van der Waals surface area contributed by atoms with Gasteiger partial charge in [0, 0.05) is 31.0 Å². The first-order chi connectivity index (χ1) is 15.5.